The van der Waals surface area contributed by atoms with E-state index in [0.717, 1.165) is 31.9 Å². The molecule has 2 rings (SSSR count). The van der Waals surface area contributed by atoms with E-state index in [-0.39, 0.29) is 0 Å². The van der Waals surface area contributed by atoms with Crippen molar-refractivity contribution in [3.8, 4) is 5.75 Å². The first kappa shape index (κ1) is 15.3. The molecule has 1 heterocycles. The number of hydrogen-bond acceptors (Lipinski definition) is 3. The molecule has 1 N–H and O–H groups in total. The van der Waals surface area contributed by atoms with E-state index >= 15 is 0 Å². The van der Waals surface area contributed by atoms with Gasteiger partial charge in [0.1, 0.15) is 5.75 Å². The Balaban J connectivity index is 2.21. The van der Waals surface area contributed by atoms with Crippen LogP contribution in [0.3, 0.4) is 0 Å². The molecule has 1 aromatic carbocycles. The van der Waals surface area contributed by atoms with Crippen LogP contribution < -0.4 is 10.1 Å². The average Bonchev–Trinajstić information content (AvgIpc) is 2.93. The summed E-state index contributed by atoms with van der Waals surface area (Å²) >= 11 is 0. The van der Waals surface area contributed by atoms with Crippen LogP contribution in [0.2, 0.25) is 0 Å². The number of nitrogens with one attached hydrogen (secondary N) is 1. The van der Waals surface area contributed by atoms with Crippen molar-refractivity contribution in [2.45, 2.75) is 39.7 Å². The van der Waals surface area contributed by atoms with Gasteiger partial charge in [-0.3, -0.25) is 0 Å². The van der Waals surface area contributed by atoms with Gasteiger partial charge >= 0.3 is 0 Å². The minimum absolute atomic E-state index is 0.413. The Labute approximate surface area is 122 Å². The Morgan fingerprint density at radius 1 is 1.35 bits per heavy atom. The smallest absolute Gasteiger partial charge is 0.122 e. The van der Waals surface area contributed by atoms with Crippen molar-refractivity contribution in [3.63, 3.8) is 0 Å². The number of rotatable bonds is 6. The summed E-state index contributed by atoms with van der Waals surface area (Å²) < 4.78 is 10.9. The molecule has 2 atom stereocenters. The predicted octanol–water partition coefficient (Wildman–Crippen LogP) is 3.39. The van der Waals surface area contributed by atoms with Crippen LogP contribution in [0, 0.1) is 19.8 Å². The van der Waals surface area contributed by atoms with Gasteiger partial charge in [-0.25, -0.2) is 0 Å². The third kappa shape index (κ3) is 3.53. The minimum atomic E-state index is 0.413. The first-order valence-electron chi connectivity index (χ1n) is 7.62. The lowest BCUT2D eigenvalue weighted by atomic mass is 9.90. The maximum Gasteiger partial charge on any atom is 0.122 e. The van der Waals surface area contributed by atoms with Crippen molar-refractivity contribution < 1.29 is 9.47 Å². The van der Waals surface area contributed by atoms with Crippen molar-refractivity contribution >= 4 is 0 Å². The summed E-state index contributed by atoms with van der Waals surface area (Å²) in [6.07, 6.45) is 2.34. The maximum absolute atomic E-state index is 5.51. The lowest BCUT2D eigenvalue weighted by Gasteiger charge is -2.24. The normalized spacial score (nSPS) is 20.1. The average molecular weight is 277 g/mol. The Morgan fingerprint density at radius 3 is 2.75 bits per heavy atom. The van der Waals surface area contributed by atoms with Gasteiger partial charge in [0.15, 0.2) is 0 Å². The van der Waals surface area contributed by atoms with Crippen molar-refractivity contribution in [3.05, 3.63) is 28.8 Å². The second-order valence-corrected chi connectivity index (χ2v) is 5.75. The molecule has 0 amide bonds. The molecule has 0 radical (unpaired) electrons. The second-order valence-electron chi connectivity index (χ2n) is 5.75. The third-order valence-corrected chi connectivity index (χ3v) is 4.20. The number of ether oxygens (including phenoxy) is 2. The van der Waals surface area contributed by atoms with Crippen molar-refractivity contribution in [1.29, 1.82) is 0 Å². The molecule has 1 aliphatic heterocycles. The first-order valence-corrected chi connectivity index (χ1v) is 7.62. The third-order valence-electron chi connectivity index (χ3n) is 4.20. The topological polar surface area (TPSA) is 30.5 Å². The summed E-state index contributed by atoms with van der Waals surface area (Å²) in [6, 6.07) is 4.84. The van der Waals surface area contributed by atoms with Crippen molar-refractivity contribution in [2.24, 2.45) is 5.92 Å². The first-order chi connectivity index (χ1) is 9.65. The van der Waals surface area contributed by atoms with Gasteiger partial charge in [-0.15, -0.1) is 0 Å². The predicted molar refractivity (Wildman–Crippen MR) is 82.4 cm³/mol. The molecule has 1 aromatic rings. The summed E-state index contributed by atoms with van der Waals surface area (Å²) in [6.45, 7) is 9.28. The summed E-state index contributed by atoms with van der Waals surface area (Å²) in [4.78, 5) is 0. The van der Waals surface area contributed by atoms with Crippen LogP contribution >= 0.6 is 0 Å². The zero-order chi connectivity index (χ0) is 14.5. The fourth-order valence-electron chi connectivity index (χ4n) is 3.08. The highest BCUT2D eigenvalue weighted by atomic mass is 16.5. The molecule has 1 aliphatic rings. The maximum atomic E-state index is 5.51. The van der Waals surface area contributed by atoms with E-state index < -0.39 is 0 Å². The van der Waals surface area contributed by atoms with Crippen LogP contribution in [0.1, 0.15) is 42.5 Å². The summed E-state index contributed by atoms with van der Waals surface area (Å²) in [5.74, 6) is 1.66. The summed E-state index contributed by atoms with van der Waals surface area (Å²) in [5.41, 5.74) is 3.91. The molecule has 0 spiro atoms. The van der Waals surface area contributed by atoms with Gasteiger partial charge in [0.25, 0.3) is 0 Å². The summed E-state index contributed by atoms with van der Waals surface area (Å²) in [7, 11) is 1.74. The van der Waals surface area contributed by atoms with E-state index in [2.05, 4.69) is 38.2 Å². The number of methoxy groups -OCH3 is 1. The SMILES string of the molecule is CCNC(CC1CCOC1)c1cc(C)c(OC)cc1C. The molecule has 0 saturated carbocycles. The van der Waals surface area contributed by atoms with Crippen LogP contribution in [0.5, 0.6) is 5.75 Å². The van der Waals surface area contributed by atoms with Crippen molar-refractivity contribution in [2.75, 3.05) is 26.9 Å². The minimum Gasteiger partial charge on any atom is -0.496 e. The van der Waals surface area contributed by atoms with Gasteiger partial charge in [0, 0.05) is 19.3 Å². The van der Waals surface area contributed by atoms with Gasteiger partial charge in [0.2, 0.25) is 0 Å². The lowest BCUT2D eigenvalue weighted by molar-refractivity contribution is 0.181. The van der Waals surface area contributed by atoms with Crippen molar-refractivity contribution in [1.82, 2.24) is 5.32 Å². The van der Waals surface area contributed by atoms with E-state index in [1.54, 1.807) is 7.11 Å². The highest BCUT2D eigenvalue weighted by Crippen LogP contribution is 2.31. The largest absolute Gasteiger partial charge is 0.496 e. The van der Waals surface area contributed by atoms with Gasteiger partial charge in [-0.1, -0.05) is 13.0 Å². The molecular weight excluding hydrogens is 250 g/mol. The van der Waals surface area contributed by atoms with Crippen LogP contribution in [0.25, 0.3) is 0 Å². The molecule has 0 bridgehead atoms. The van der Waals surface area contributed by atoms with E-state index in [4.69, 9.17) is 9.47 Å². The van der Waals surface area contributed by atoms with Crippen LogP contribution in [0.4, 0.5) is 0 Å². The zero-order valence-corrected chi connectivity index (χ0v) is 13.2. The highest BCUT2D eigenvalue weighted by Gasteiger charge is 2.23. The zero-order valence-electron chi connectivity index (χ0n) is 13.2. The fourth-order valence-corrected chi connectivity index (χ4v) is 3.08. The lowest BCUT2D eigenvalue weighted by Crippen LogP contribution is -2.24. The number of aryl methyl sites for hydroxylation is 2. The molecular formula is C17H27NO2. The molecule has 0 aromatic heterocycles. The van der Waals surface area contributed by atoms with E-state index in [0.29, 0.717) is 12.0 Å². The van der Waals surface area contributed by atoms with E-state index in [1.165, 1.54) is 23.1 Å². The van der Waals surface area contributed by atoms with Crippen LogP contribution in [0.15, 0.2) is 12.1 Å². The fraction of sp³-hybridized carbons (Fsp3) is 0.647. The van der Waals surface area contributed by atoms with E-state index in [1.807, 2.05) is 0 Å². The number of benzene rings is 1. The summed E-state index contributed by atoms with van der Waals surface area (Å²) in [5, 5.41) is 3.63. The Morgan fingerprint density at radius 2 is 2.15 bits per heavy atom. The van der Waals surface area contributed by atoms with Gasteiger partial charge in [-0.2, -0.15) is 0 Å². The molecule has 2 unspecified atom stereocenters. The molecule has 1 saturated heterocycles. The van der Waals surface area contributed by atoms with Gasteiger partial charge in [-0.05, 0) is 61.9 Å². The van der Waals surface area contributed by atoms with Gasteiger partial charge < -0.3 is 14.8 Å². The van der Waals surface area contributed by atoms with Crippen LogP contribution in [-0.2, 0) is 4.74 Å². The quantitative estimate of drug-likeness (QED) is 0.864. The molecule has 20 heavy (non-hydrogen) atoms. The monoisotopic (exact) mass is 277 g/mol. The Hall–Kier alpha value is -1.06. The molecule has 3 heteroatoms. The molecule has 0 aliphatic carbocycles. The number of hydrogen-bond donors (Lipinski definition) is 1. The van der Waals surface area contributed by atoms with Crippen LogP contribution in [-0.4, -0.2) is 26.9 Å². The second kappa shape index (κ2) is 7.09. The standard InChI is InChI=1S/C17H27NO2/c1-5-18-16(10-14-6-7-20-11-14)15-8-13(3)17(19-4)9-12(15)2/h8-9,14,16,18H,5-7,10-11H2,1-4H3. The molecule has 112 valence electrons. The highest BCUT2D eigenvalue weighted by molar-refractivity contribution is 5.42. The van der Waals surface area contributed by atoms with E-state index in [9.17, 15) is 0 Å². The molecule has 3 nitrogen and oxygen atoms in total. The molecule has 1 fully saturated rings. The van der Waals surface area contributed by atoms with Gasteiger partial charge in [0.05, 0.1) is 7.11 Å². The Bertz CT molecular complexity index is 439. The Kier molecular flexibility index (Phi) is 5.44.